The summed E-state index contributed by atoms with van der Waals surface area (Å²) in [4.78, 5) is 10.5. The van der Waals surface area contributed by atoms with Gasteiger partial charge in [-0.2, -0.15) is 0 Å². The van der Waals surface area contributed by atoms with Gasteiger partial charge in [0.15, 0.2) is 5.79 Å². The molecule has 1 aliphatic heterocycles. The summed E-state index contributed by atoms with van der Waals surface area (Å²) >= 11 is 0. The molecule has 24 heavy (non-hydrogen) atoms. The van der Waals surface area contributed by atoms with Crippen LogP contribution in [0.25, 0.3) is 0 Å². The van der Waals surface area contributed by atoms with E-state index < -0.39 is 11.8 Å². The number of hydrogen-bond acceptors (Lipinski definition) is 3. The van der Waals surface area contributed by atoms with Crippen molar-refractivity contribution in [2.45, 2.75) is 64.3 Å². The van der Waals surface area contributed by atoms with Gasteiger partial charge in [0.1, 0.15) is 0 Å². The fourth-order valence-corrected chi connectivity index (χ4v) is 3.10. The van der Waals surface area contributed by atoms with Crippen LogP contribution in [-0.2, 0) is 14.3 Å². The SMILES string of the molecule is Cc1ccccc1[C@H]1COC(C)(C)O[C@@H]1CC=CCCCC(=O)O. The first kappa shape index (κ1) is 18.7. The number of carbonyl (C=O) groups is 1. The van der Waals surface area contributed by atoms with Crippen LogP contribution in [0.2, 0.25) is 0 Å². The van der Waals surface area contributed by atoms with Crippen LogP contribution in [0.15, 0.2) is 36.4 Å². The van der Waals surface area contributed by atoms with Crippen LogP contribution >= 0.6 is 0 Å². The highest BCUT2D eigenvalue weighted by molar-refractivity contribution is 5.66. The van der Waals surface area contributed by atoms with Crippen molar-refractivity contribution >= 4 is 5.97 Å². The smallest absolute Gasteiger partial charge is 0.303 e. The molecule has 0 aliphatic carbocycles. The Kier molecular flexibility index (Phi) is 6.58. The average Bonchev–Trinajstić information content (AvgIpc) is 2.51. The van der Waals surface area contributed by atoms with Crippen LogP contribution in [0.1, 0.15) is 56.6 Å². The van der Waals surface area contributed by atoms with Crippen molar-refractivity contribution in [2.75, 3.05) is 6.61 Å². The van der Waals surface area contributed by atoms with E-state index in [1.54, 1.807) is 0 Å². The van der Waals surface area contributed by atoms with Crippen LogP contribution in [0, 0.1) is 6.92 Å². The minimum Gasteiger partial charge on any atom is -0.481 e. The topological polar surface area (TPSA) is 55.8 Å². The van der Waals surface area contributed by atoms with Crippen molar-refractivity contribution in [1.29, 1.82) is 0 Å². The maximum absolute atomic E-state index is 10.5. The van der Waals surface area contributed by atoms with E-state index in [1.807, 2.05) is 19.9 Å². The molecule has 0 aromatic heterocycles. The Morgan fingerprint density at radius 1 is 1.33 bits per heavy atom. The van der Waals surface area contributed by atoms with Crippen molar-refractivity contribution in [2.24, 2.45) is 0 Å². The third-order valence-electron chi connectivity index (χ3n) is 4.38. The van der Waals surface area contributed by atoms with E-state index in [1.165, 1.54) is 11.1 Å². The molecule has 1 N–H and O–H groups in total. The summed E-state index contributed by atoms with van der Waals surface area (Å²) in [6.07, 6.45) is 6.71. The number of ether oxygens (including phenoxy) is 2. The quantitative estimate of drug-likeness (QED) is 0.593. The number of carboxylic acids is 1. The molecule has 0 spiro atoms. The second-order valence-electron chi connectivity index (χ2n) is 6.82. The molecule has 0 radical (unpaired) electrons. The predicted octanol–water partition coefficient (Wildman–Crippen LogP) is 4.43. The monoisotopic (exact) mass is 332 g/mol. The third-order valence-corrected chi connectivity index (χ3v) is 4.38. The molecule has 0 amide bonds. The molecule has 0 saturated carbocycles. The fraction of sp³-hybridized carbons (Fsp3) is 0.550. The zero-order valence-corrected chi connectivity index (χ0v) is 14.8. The molecule has 2 rings (SSSR count). The van der Waals surface area contributed by atoms with Gasteiger partial charge in [-0.3, -0.25) is 4.79 Å². The van der Waals surface area contributed by atoms with E-state index in [-0.39, 0.29) is 18.4 Å². The largest absolute Gasteiger partial charge is 0.481 e. The lowest BCUT2D eigenvalue weighted by atomic mass is 9.88. The Balaban J connectivity index is 2.00. The minimum absolute atomic E-state index is 0.0607. The molecule has 1 aromatic rings. The van der Waals surface area contributed by atoms with Gasteiger partial charge in [-0.25, -0.2) is 0 Å². The highest BCUT2D eigenvalue weighted by Gasteiger charge is 2.37. The van der Waals surface area contributed by atoms with Gasteiger partial charge >= 0.3 is 5.97 Å². The maximum Gasteiger partial charge on any atom is 0.303 e. The van der Waals surface area contributed by atoms with Crippen LogP contribution in [0.5, 0.6) is 0 Å². The van der Waals surface area contributed by atoms with Crippen LogP contribution in [0.4, 0.5) is 0 Å². The third kappa shape index (κ3) is 5.46. The first-order valence-electron chi connectivity index (χ1n) is 8.63. The lowest BCUT2D eigenvalue weighted by Gasteiger charge is -2.41. The molecular formula is C20H28O4. The molecule has 4 nitrogen and oxygen atoms in total. The molecule has 1 fully saturated rings. The molecule has 1 heterocycles. The molecule has 4 heteroatoms. The number of rotatable bonds is 7. The number of aryl methyl sites for hydroxylation is 1. The van der Waals surface area contributed by atoms with Crippen LogP contribution < -0.4 is 0 Å². The van der Waals surface area contributed by atoms with E-state index >= 15 is 0 Å². The number of aliphatic carboxylic acids is 1. The first-order chi connectivity index (χ1) is 11.4. The van der Waals surface area contributed by atoms with Crippen molar-refractivity contribution in [3.63, 3.8) is 0 Å². The second-order valence-corrected chi connectivity index (χ2v) is 6.82. The molecular weight excluding hydrogens is 304 g/mol. The minimum atomic E-state index is -0.738. The van der Waals surface area contributed by atoms with Crippen LogP contribution in [0.3, 0.4) is 0 Å². The van der Waals surface area contributed by atoms with Gasteiger partial charge in [0.25, 0.3) is 0 Å². The Morgan fingerprint density at radius 2 is 2.08 bits per heavy atom. The summed E-state index contributed by atoms with van der Waals surface area (Å²) < 4.78 is 12.1. The summed E-state index contributed by atoms with van der Waals surface area (Å²) in [5.74, 6) is -1.10. The normalized spacial score (nSPS) is 23.5. The van der Waals surface area contributed by atoms with E-state index in [2.05, 4.69) is 37.3 Å². The molecule has 2 atom stereocenters. The van der Waals surface area contributed by atoms with E-state index in [0.717, 1.165) is 12.8 Å². The summed E-state index contributed by atoms with van der Waals surface area (Å²) in [5.41, 5.74) is 2.53. The average molecular weight is 332 g/mol. The molecule has 132 valence electrons. The van der Waals surface area contributed by atoms with Crippen LogP contribution in [-0.4, -0.2) is 29.6 Å². The Morgan fingerprint density at radius 3 is 2.79 bits per heavy atom. The first-order valence-corrected chi connectivity index (χ1v) is 8.63. The summed E-state index contributed by atoms with van der Waals surface area (Å²) in [5, 5.41) is 8.66. The van der Waals surface area contributed by atoms with E-state index in [0.29, 0.717) is 13.0 Å². The predicted molar refractivity (Wildman–Crippen MR) is 94.1 cm³/mol. The molecule has 1 aromatic carbocycles. The summed E-state index contributed by atoms with van der Waals surface area (Å²) in [6, 6.07) is 8.37. The molecule has 1 saturated heterocycles. The lowest BCUT2D eigenvalue weighted by molar-refractivity contribution is -0.280. The van der Waals surface area contributed by atoms with E-state index in [4.69, 9.17) is 14.6 Å². The number of unbranched alkanes of at least 4 members (excludes halogenated alkanes) is 1. The van der Waals surface area contributed by atoms with Crippen molar-refractivity contribution in [3.05, 3.63) is 47.5 Å². The zero-order chi connectivity index (χ0) is 17.6. The van der Waals surface area contributed by atoms with Crippen molar-refractivity contribution in [3.8, 4) is 0 Å². The molecule has 0 unspecified atom stereocenters. The number of allylic oxidation sites excluding steroid dienone is 1. The number of hydrogen-bond donors (Lipinski definition) is 1. The van der Waals surface area contributed by atoms with Gasteiger partial charge in [0.2, 0.25) is 0 Å². The Bertz CT molecular complexity index is 577. The van der Waals surface area contributed by atoms with Crippen molar-refractivity contribution < 1.29 is 19.4 Å². The van der Waals surface area contributed by atoms with Crippen molar-refractivity contribution in [1.82, 2.24) is 0 Å². The van der Waals surface area contributed by atoms with E-state index in [9.17, 15) is 4.79 Å². The van der Waals surface area contributed by atoms with Gasteiger partial charge in [-0.15, -0.1) is 0 Å². The number of benzene rings is 1. The lowest BCUT2D eigenvalue weighted by Crippen LogP contribution is -2.44. The van der Waals surface area contributed by atoms with Gasteiger partial charge in [-0.1, -0.05) is 36.4 Å². The summed E-state index contributed by atoms with van der Waals surface area (Å²) in [7, 11) is 0. The van der Waals surface area contributed by atoms with Gasteiger partial charge in [0, 0.05) is 12.3 Å². The highest BCUT2D eigenvalue weighted by Crippen LogP contribution is 2.35. The summed E-state index contributed by atoms with van der Waals surface area (Å²) in [6.45, 7) is 6.67. The van der Waals surface area contributed by atoms with Gasteiger partial charge < -0.3 is 14.6 Å². The number of carboxylic acid groups (broad SMARTS) is 1. The standard InChI is InChI=1S/C20H28O4/c1-15-10-8-9-11-16(15)17-14-23-20(2,3)24-18(17)12-6-4-5-7-13-19(21)22/h4,6,8-11,17-18H,5,7,12-14H2,1-3H3,(H,21,22)/t17-,18-/m1/s1. The fourth-order valence-electron chi connectivity index (χ4n) is 3.10. The highest BCUT2D eigenvalue weighted by atomic mass is 16.7. The second kappa shape index (κ2) is 8.45. The molecule has 1 aliphatic rings. The zero-order valence-electron chi connectivity index (χ0n) is 14.8. The maximum atomic E-state index is 10.5. The Labute approximate surface area is 144 Å². The molecule has 0 bridgehead atoms. The van der Waals surface area contributed by atoms with Gasteiger partial charge in [0.05, 0.1) is 12.7 Å². The van der Waals surface area contributed by atoms with Gasteiger partial charge in [-0.05, 0) is 51.2 Å². The Hall–Kier alpha value is -1.65.